The molecule has 7 heteroatoms. The van der Waals surface area contributed by atoms with Crippen LogP contribution >= 0.6 is 11.3 Å². The monoisotopic (exact) mass is 439 g/mol. The Hall–Kier alpha value is -2.85. The molecule has 1 unspecified atom stereocenters. The van der Waals surface area contributed by atoms with Crippen LogP contribution in [0.2, 0.25) is 0 Å². The molecule has 1 saturated heterocycles. The molecule has 1 aliphatic heterocycles. The quantitative estimate of drug-likeness (QED) is 0.358. The van der Waals surface area contributed by atoms with Crippen LogP contribution in [0.15, 0.2) is 29.2 Å². The van der Waals surface area contributed by atoms with Crippen LogP contribution in [-0.2, 0) is 20.9 Å². The number of nitriles is 1. The number of amides is 1. The zero-order valence-electron chi connectivity index (χ0n) is 18.6. The highest BCUT2D eigenvalue weighted by molar-refractivity contribution is 7.10. The number of rotatable bonds is 7. The maximum absolute atomic E-state index is 12.7. The molecule has 31 heavy (non-hydrogen) atoms. The fraction of sp³-hybridized carbons (Fsp3) is 0.458. The normalized spacial score (nSPS) is 16.6. The van der Waals surface area contributed by atoms with E-state index >= 15 is 0 Å². The van der Waals surface area contributed by atoms with Crippen molar-refractivity contribution in [3.63, 3.8) is 0 Å². The summed E-state index contributed by atoms with van der Waals surface area (Å²) >= 11 is 1.63. The van der Waals surface area contributed by atoms with Gasteiger partial charge in [-0.3, -0.25) is 4.79 Å². The van der Waals surface area contributed by atoms with Crippen molar-refractivity contribution in [2.24, 2.45) is 5.92 Å². The lowest BCUT2D eigenvalue weighted by molar-refractivity contribution is -0.149. The molecule has 2 aromatic rings. The van der Waals surface area contributed by atoms with Crippen LogP contribution < -0.4 is 0 Å². The Morgan fingerprint density at radius 2 is 2.16 bits per heavy atom. The topological polar surface area (TPSA) is 75.3 Å². The lowest BCUT2D eigenvalue weighted by atomic mass is 10.1. The summed E-state index contributed by atoms with van der Waals surface area (Å²) < 4.78 is 7.40. The highest BCUT2D eigenvalue weighted by Crippen LogP contribution is 2.34. The number of thiophene rings is 1. The average molecular weight is 440 g/mol. The van der Waals surface area contributed by atoms with Gasteiger partial charge in [0, 0.05) is 29.4 Å². The molecule has 1 amide bonds. The summed E-state index contributed by atoms with van der Waals surface area (Å²) in [6, 6.07) is 7.93. The Morgan fingerprint density at radius 3 is 2.81 bits per heavy atom. The highest BCUT2D eigenvalue weighted by Gasteiger charge is 2.31. The summed E-state index contributed by atoms with van der Waals surface area (Å²) in [6.07, 6.45) is 3.39. The van der Waals surface area contributed by atoms with E-state index < -0.39 is 5.97 Å². The van der Waals surface area contributed by atoms with Gasteiger partial charge < -0.3 is 14.2 Å². The molecule has 0 saturated carbocycles. The van der Waals surface area contributed by atoms with E-state index in [2.05, 4.69) is 18.4 Å². The number of nitrogens with zero attached hydrogens (tertiary/aromatic N) is 3. The molecule has 3 rings (SSSR count). The maximum atomic E-state index is 12.7. The van der Waals surface area contributed by atoms with Crippen molar-refractivity contribution in [1.29, 1.82) is 5.26 Å². The van der Waals surface area contributed by atoms with Crippen molar-refractivity contribution < 1.29 is 14.3 Å². The van der Waals surface area contributed by atoms with Gasteiger partial charge in [-0.1, -0.05) is 19.9 Å². The van der Waals surface area contributed by atoms with Gasteiger partial charge >= 0.3 is 5.97 Å². The van der Waals surface area contributed by atoms with Gasteiger partial charge in [0.2, 0.25) is 0 Å². The SMILES string of the molecule is Cc1cc(/C=C(\C#N)C(=O)OCC(=O)N2CCCC2c2cccs2)c(C)n1CC(C)C. The minimum absolute atomic E-state index is 0.0449. The molecular weight excluding hydrogens is 410 g/mol. The third-order valence-electron chi connectivity index (χ3n) is 5.57. The van der Waals surface area contributed by atoms with Gasteiger partial charge in [-0.2, -0.15) is 5.26 Å². The smallest absolute Gasteiger partial charge is 0.349 e. The molecular formula is C24H29N3O3S. The molecule has 0 aliphatic carbocycles. The van der Waals surface area contributed by atoms with Crippen LogP contribution in [0.1, 0.15) is 54.6 Å². The first kappa shape index (κ1) is 22.8. The molecule has 164 valence electrons. The van der Waals surface area contributed by atoms with E-state index in [1.54, 1.807) is 22.3 Å². The summed E-state index contributed by atoms with van der Waals surface area (Å²) in [5.74, 6) is -0.510. The average Bonchev–Trinajstić information content (AvgIpc) is 3.47. The first-order valence-electron chi connectivity index (χ1n) is 10.6. The molecule has 2 aromatic heterocycles. The van der Waals surface area contributed by atoms with Crippen LogP contribution in [-0.4, -0.2) is 34.5 Å². The lowest BCUT2D eigenvalue weighted by Gasteiger charge is -2.23. The van der Waals surface area contributed by atoms with E-state index in [0.29, 0.717) is 12.5 Å². The van der Waals surface area contributed by atoms with Crippen molar-refractivity contribution in [3.05, 3.63) is 51.0 Å². The number of ether oxygens (including phenoxy) is 1. The number of likely N-dealkylation sites (tertiary alicyclic amines) is 1. The minimum atomic E-state index is -0.767. The third kappa shape index (κ3) is 5.26. The number of aromatic nitrogens is 1. The van der Waals surface area contributed by atoms with Gasteiger partial charge in [-0.25, -0.2) is 4.79 Å². The van der Waals surface area contributed by atoms with Crippen molar-refractivity contribution in [2.45, 2.75) is 53.1 Å². The summed E-state index contributed by atoms with van der Waals surface area (Å²) in [7, 11) is 0. The predicted molar refractivity (Wildman–Crippen MR) is 121 cm³/mol. The largest absolute Gasteiger partial charge is 0.451 e. The van der Waals surface area contributed by atoms with Crippen LogP contribution in [0, 0.1) is 31.1 Å². The van der Waals surface area contributed by atoms with Crippen molar-refractivity contribution in [1.82, 2.24) is 9.47 Å². The summed E-state index contributed by atoms with van der Waals surface area (Å²) in [6.45, 7) is 9.44. The van der Waals surface area contributed by atoms with E-state index in [1.807, 2.05) is 43.5 Å². The number of hydrogen-bond donors (Lipinski definition) is 0. The third-order valence-corrected chi connectivity index (χ3v) is 6.55. The van der Waals surface area contributed by atoms with Gasteiger partial charge in [-0.05, 0) is 61.8 Å². The Bertz CT molecular complexity index is 1010. The van der Waals surface area contributed by atoms with E-state index in [0.717, 1.165) is 41.2 Å². The van der Waals surface area contributed by atoms with Gasteiger partial charge in [0.1, 0.15) is 11.6 Å². The van der Waals surface area contributed by atoms with E-state index in [-0.39, 0.29) is 24.1 Å². The fourth-order valence-corrected chi connectivity index (χ4v) is 4.92. The predicted octanol–water partition coefficient (Wildman–Crippen LogP) is 4.64. The van der Waals surface area contributed by atoms with Crippen molar-refractivity contribution >= 4 is 29.3 Å². The number of carbonyl (C=O) groups is 2. The van der Waals surface area contributed by atoms with Crippen LogP contribution in [0.4, 0.5) is 0 Å². The first-order chi connectivity index (χ1) is 14.8. The van der Waals surface area contributed by atoms with Crippen LogP contribution in [0.3, 0.4) is 0 Å². The second-order valence-corrected chi connectivity index (χ2v) is 9.32. The lowest BCUT2D eigenvalue weighted by Crippen LogP contribution is -2.34. The highest BCUT2D eigenvalue weighted by atomic mass is 32.1. The summed E-state index contributed by atoms with van der Waals surface area (Å²) in [4.78, 5) is 28.1. The number of aryl methyl sites for hydroxylation is 1. The summed E-state index contributed by atoms with van der Waals surface area (Å²) in [5.41, 5.74) is 2.79. The molecule has 1 fully saturated rings. The zero-order chi connectivity index (χ0) is 22.5. The second kappa shape index (κ2) is 9.97. The van der Waals surface area contributed by atoms with Gasteiger partial charge in [-0.15, -0.1) is 11.3 Å². The molecule has 0 spiro atoms. The molecule has 0 N–H and O–H groups in total. The van der Waals surface area contributed by atoms with Crippen molar-refractivity contribution in [3.8, 4) is 6.07 Å². The fourth-order valence-electron chi connectivity index (χ4n) is 4.04. The van der Waals surface area contributed by atoms with Gasteiger partial charge in [0.25, 0.3) is 5.91 Å². The van der Waals surface area contributed by atoms with Crippen molar-refractivity contribution in [2.75, 3.05) is 13.2 Å². The van der Waals surface area contributed by atoms with E-state index in [4.69, 9.17) is 4.74 Å². The Kier molecular flexibility index (Phi) is 7.34. The standard InChI is InChI=1S/C24H29N3O3S/c1-16(2)14-27-17(3)11-19(18(27)4)12-20(13-25)24(29)30-15-23(28)26-9-5-7-21(26)22-8-6-10-31-22/h6,8,10-12,16,21H,5,7,9,14-15H2,1-4H3/b20-12+. The Morgan fingerprint density at radius 1 is 1.39 bits per heavy atom. The molecule has 3 heterocycles. The van der Waals surface area contributed by atoms with E-state index in [9.17, 15) is 14.9 Å². The van der Waals surface area contributed by atoms with Crippen LogP contribution in [0.5, 0.6) is 0 Å². The second-order valence-electron chi connectivity index (χ2n) is 8.34. The minimum Gasteiger partial charge on any atom is -0.451 e. The number of esters is 1. The number of hydrogen-bond acceptors (Lipinski definition) is 5. The maximum Gasteiger partial charge on any atom is 0.349 e. The molecule has 1 aliphatic rings. The molecule has 0 aromatic carbocycles. The molecule has 0 radical (unpaired) electrons. The molecule has 6 nitrogen and oxygen atoms in total. The Labute approximate surface area is 187 Å². The van der Waals surface area contributed by atoms with Gasteiger partial charge in [0.05, 0.1) is 6.04 Å². The van der Waals surface area contributed by atoms with Gasteiger partial charge in [0.15, 0.2) is 6.61 Å². The summed E-state index contributed by atoms with van der Waals surface area (Å²) in [5, 5.41) is 11.5. The Balaban J connectivity index is 1.66. The van der Waals surface area contributed by atoms with E-state index in [1.165, 1.54) is 0 Å². The molecule has 0 bridgehead atoms. The molecule has 1 atom stereocenters. The number of carbonyl (C=O) groups excluding carboxylic acids is 2. The van der Waals surface area contributed by atoms with Crippen LogP contribution in [0.25, 0.3) is 6.08 Å². The first-order valence-corrected chi connectivity index (χ1v) is 11.5. The zero-order valence-corrected chi connectivity index (χ0v) is 19.4.